The van der Waals surface area contributed by atoms with Crippen molar-refractivity contribution in [2.24, 2.45) is 23.2 Å². The zero-order chi connectivity index (χ0) is 22.5. The van der Waals surface area contributed by atoms with Gasteiger partial charge in [-0.1, -0.05) is 27.2 Å². The number of nitrogens with one attached hydrogen (secondary N) is 1. The molecule has 1 aromatic heterocycles. The van der Waals surface area contributed by atoms with Crippen molar-refractivity contribution < 1.29 is 29.0 Å². The Balaban J connectivity index is 1.62. The van der Waals surface area contributed by atoms with Crippen LogP contribution in [0.5, 0.6) is 0 Å². The Morgan fingerprint density at radius 3 is 2.48 bits per heavy atom. The van der Waals surface area contributed by atoms with Gasteiger partial charge in [-0.15, -0.1) is 11.3 Å². The van der Waals surface area contributed by atoms with E-state index in [1.165, 1.54) is 18.4 Å². The van der Waals surface area contributed by atoms with Gasteiger partial charge in [0.05, 0.1) is 36.7 Å². The van der Waals surface area contributed by atoms with Gasteiger partial charge in [-0.05, 0) is 49.0 Å². The molecule has 3 heterocycles. The maximum Gasteiger partial charge on any atom is 0.341 e. The van der Waals surface area contributed by atoms with Gasteiger partial charge >= 0.3 is 11.9 Å². The van der Waals surface area contributed by atoms with Crippen LogP contribution in [0.2, 0.25) is 0 Å². The van der Waals surface area contributed by atoms with Crippen LogP contribution in [-0.2, 0) is 31.9 Å². The number of carboxylic acids is 1. The van der Waals surface area contributed by atoms with E-state index in [1.54, 1.807) is 0 Å². The van der Waals surface area contributed by atoms with Crippen molar-refractivity contribution in [2.45, 2.75) is 71.5 Å². The molecule has 2 aliphatic heterocycles. The lowest BCUT2D eigenvalue weighted by Crippen LogP contribution is -2.41. The van der Waals surface area contributed by atoms with Gasteiger partial charge in [-0.3, -0.25) is 9.59 Å². The number of aliphatic carboxylic acids is 1. The summed E-state index contributed by atoms with van der Waals surface area (Å²) in [6.07, 6.45) is 4.27. The van der Waals surface area contributed by atoms with E-state index in [0.717, 1.165) is 36.1 Å². The van der Waals surface area contributed by atoms with Gasteiger partial charge in [0.2, 0.25) is 5.91 Å². The lowest BCUT2D eigenvalue weighted by molar-refractivity contribution is -0.147. The highest BCUT2D eigenvalue weighted by Gasteiger charge is 2.55. The molecular weight excluding hydrogens is 418 g/mol. The number of methoxy groups -OCH3 is 1. The molecule has 4 rings (SSSR count). The number of carboxylic acid groups (broad SMARTS) is 1. The van der Waals surface area contributed by atoms with Crippen LogP contribution in [0, 0.1) is 23.2 Å². The standard InChI is InChI=1S/C23H31NO6S/c1-5-23(2,3)11-6-7-12-15(10-11)31-20(16(12)22(28)29-4)24-19(25)17-13-8-9-14(30-13)18(17)21(26)27/h11,13-14,17-18H,5-10H2,1-4H3,(H,24,25)(H,26,27)/t11-,13-,14-,17-,18+/m1/s1. The number of carbonyl (C=O) groups is 3. The molecule has 0 aromatic carbocycles. The van der Waals surface area contributed by atoms with Crippen molar-refractivity contribution in [3.05, 3.63) is 16.0 Å². The Morgan fingerprint density at radius 1 is 1.19 bits per heavy atom. The van der Waals surface area contributed by atoms with Crippen LogP contribution in [0.4, 0.5) is 5.00 Å². The summed E-state index contributed by atoms with van der Waals surface area (Å²) in [4.78, 5) is 38.7. The number of carbonyl (C=O) groups excluding carboxylic acids is 2. The highest BCUT2D eigenvalue weighted by atomic mass is 32.1. The van der Waals surface area contributed by atoms with Crippen molar-refractivity contribution in [1.29, 1.82) is 0 Å². The van der Waals surface area contributed by atoms with E-state index in [1.807, 2.05) is 0 Å². The molecule has 31 heavy (non-hydrogen) atoms. The van der Waals surface area contributed by atoms with E-state index < -0.39 is 29.9 Å². The lowest BCUT2D eigenvalue weighted by Gasteiger charge is -2.36. The zero-order valence-electron chi connectivity index (χ0n) is 18.5. The highest BCUT2D eigenvalue weighted by Crippen LogP contribution is 2.47. The number of ether oxygens (including phenoxy) is 2. The molecule has 0 spiro atoms. The van der Waals surface area contributed by atoms with Crippen LogP contribution >= 0.6 is 11.3 Å². The average molecular weight is 450 g/mol. The quantitative estimate of drug-likeness (QED) is 0.639. The van der Waals surface area contributed by atoms with Crippen LogP contribution < -0.4 is 5.32 Å². The summed E-state index contributed by atoms with van der Waals surface area (Å²) in [7, 11) is 1.34. The number of anilines is 1. The third-order valence-corrected chi connectivity index (χ3v) is 8.94. The monoisotopic (exact) mass is 449 g/mol. The molecule has 3 aliphatic rings. The molecule has 0 radical (unpaired) electrons. The first-order valence-corrected chi connectivity index (χ1v) is 11.9. The summed E-state index contributed by atoms with van der Waals surface area (Å²) in [6.45, 7) is 6.76. The third kappa shape index (κ3) is 3.78. The summed E-state index contributed by atoms with van der Waals surface area (Å²) >= 11 is 1.43. The topological polar surface area (TPSA) is 102 Å². The first-order valence-electron chi connectivity index (χ1n) is 11.1. The minimum absolute atomic E-state index is 0.200. The van der Waals surface area contributed by atoms with Crippen LogP contribution in [0.3, 0.4) is 0 Å². The normalized spacial score (nSPS) is 29.5. The van der Waals surface area contributed by atoms with Crippen LogP contribution in [0.15, 0.2) is 0 Å². The van der Waals surface area contributed by atoms with Gasteiger partial charge in [0.25, 0.3) is 0 Å². The Hall–Kier alpha value is -1.93. The van der Waals surface area contributed by atoms with Gasteiger partial charge in [0.15, 0.2) is 0 Å². The molecule has 8 heteroatoms. The molecule has 2 saturated heterocycles. The van der Waals surface area contributed by atoms with Crippen molar-refractivity contribution in [2.75, 3.05) is 12.4 Å². The van der Waals surface area contributed by atoms with E-state index in [-0.39, 0.29) is 17.4 Å². The van der Waals surface area contributed by atoms with Gasteiger partial charge < -0.3 is 19.9 Å². The first kappa shape index (κ1) is 22.3. The number of esters is 1. The van der Waals surface area contributed by atoms with E-state index >= 15 is 0 Å². The van der Waals surface area contributed by atoms with Crippen molar-refractivity contribution in [3.63, 3.8) is 0 Å². The number of hydrogen-bond donors (Lipinski definition) is 2. The molecule has 2 bridgehead atoms. The second-order valence-corrected chi connectivity index (χ2v) is 10.8. The van der Waals surface area contributed by atoms with E-state index in [9.17, 15) is 19.5 Å². The number of thiophene rings is 1. The molecule has 2 N–H and O–H groups in total. The van der Waals surface area contributed by atoms with E-state index in [4.69, 9.17) is 9.47 Å². The van der Waals surface area contributed by atoms with Crippen molar-refractivity contribution >= 4 is 34.2 Å². The second kappa shape index (κ2) is 8.20. The zero-order valence-corrected chi connectivity index (χ0v) is 19.3. The molecule has 2 fully saturated rings. The maximum atomic E-state index is 13.2. The minimum Gasteiger partial charge on any atom is -0.481 e. The predicted molar refractivity (Wildman–Crippen MR) is 116 cm³/mol. The molecular formula is C23H31NO6S. The van der Waals surface area contributed by atoms with Crippen molar-refractivity contribution in [3.8, 4) is 0 Å². The fourth-order valence-corrected chi connectivity index (χ4v) is 6.79. The Labute approximate surface area is 186 Å². The van der Waals surface area contributed by atoms with Gasteiger partial charge in [-0.2, -0.15) is 0 Å². The maximum absolute atomic E-state index is 13.2. The smallest absolute Gasteiger partial charge is 0.341 e. The molecule has 7 nitrogen and oxygen atoms in total. The highest BCUT2D eigenvalue weighted by molar-refractivity contribution is 7.17. The lowest BCUT2D eigenvalue weighted by atomic mass is 9.69. The largest absolute Gasteiger partial charge is 0.481 e. The summed E-state index contributed by atoms with van der Waals surface area (Å²) in [6, 6.07) is 0. The summed E-state index contributed by atoms with van der Waals surface area (Å²) in [5, 5.41) is 13.0. The molecule has 0 unspecified atom stereocenters. The third-order valence-electron chi connectivity index (χ3n) is 7.77. The minimum atomic E-state index is -1.00. The van der Waals surface area contributed by atoms with Gasteiger partial charge in [0, 0.05) is 4.88 Å². The fourth-order valence-electron chi connectivity index (χ4n) is 5.47. The van der Waals surface area contributed by atoms with Crippen LogP contribution in [0.25, 0.3) is 0 Å². The van der Waals surface area contributed by atoms with Gasteiger partial charge in [0.1, 0.15) is 5.00 Å². The average Bonchev–Trinajstić information content (AvgIpc) is 3.44. The van der Waals surface area contributed by atoms with Crippen LogP contribution in [0.1, 0.15) is 67.3 Å². The van der Waals surface area contributed by atoms with Gasteiger partial charge in [-0.25, -0.2) is 4.79 Å². The SMILES string of the molecule is CCC(C)(C)[C@@H]1CCc2c(sc(NC(=O)[C@H]3[C@@H](C(=O)O)[C@H]4CC[C@H]3O4)c2C(=O)OC)C1. The van der Waals surface area contributed by atoms with E-state index in [2.05, 4.69) is 26.1 Å². The van der Waals surface area contributed by atoms with E-state index in [0.29, 0.717) is 29.3 Å². The second-order valence-electron chi connectivity index (χ2n) is 9.65. The number of hydrogen-bond acceptors (Lipinski definition) is 6. The Kier molecular flexibility index (Phi) is 5.89. The van der Waals surface area contributed by atoms with Crippen LogP contribution in [-0.4, -0.2) is 42.3 Å². The molecule has 1 aromatic rings. The molecule has 0 saturated carbocycles. The Morgan fingerprint density at radius 2 is 1.87 bits per heavy atom. The molecule has 5 atom stereocenters. The summed E-state index contributed by atoms with van der Waals surface area (Å²) < 4.78 is 10.8. The number of rotatable bonds is 6. The number of amides is 1. The first-order chi connectivity index (χ1) is 14.7. The van der Waals surface area contributed by atoms with Crippen molar-refractivity contribution in [1.82, 2.24) is 0 Å². The summed E-state index contributed by atoms with van der Waals surface area (Å²) in [5.41, 5.74) is 1.60. The molecule has 1 aliphatic carbocycles. The molecule has 1 amide bonds. The fraction of sp³-hybridized carbons (Fsp3) is 0.696. The Bertz CT molecular complexity index is 906. The molecule has 170 valence electrons. The predicted octanol–water partition coefficient (Wildman–Crippen LogP) is 3.89. The number of fused-ring (bicyclic) bond motifs is 3. The summed E-state index contributed by atoms with van der Waals surface area (Å²) in [5.74, 6) is -2.92.